The van der Waals surface area contributed by atoms with Crippen molar-refractivity contribution >= 4 is 29.8 Å². The third-order valence-corrected chi connectivity index (χ3v) is 2.84. The number of esters is 5. The second-order valence-corrected chi connectivity index (χ2v) is 5.24. The van der Waals surface area contributed by atoms with Gasteiger partial charge in [-0.15, -0.1) is 0 Å². The number of hydrogen-bond donors (Lipinski definition) is 0. The summed E-state index contributed by atoms with van der Waals surface area (Å²) in [5, 5.41) is 0. The Morgan fingerprint density at radius 3 is 1.23 bits per heavy atom. The summed E-state index contributed by atoms with van der Waals surface area (Å²) in [6.45, 7) is 7.88. The maximum atomic E-state index is 11.9. The Labute approximate surface area is 151 Å². The number of ether oxygens (including phenoxy) is 5. The number of carbonyl (C=O) groups excluding carboxylic acids is 5. The molecule has 0 aliphatic rings. The van der Waals surface area contributed by atoms with Crippen LogP contribution in [0.4, 0.5) is 0 Å². The first kappa shape index (κ1) is 23.4. The summed E-state index contributed by atoms with van der Waals surface area (Å²) >= 11 is 0. The summed E-state index contributed by atoms with van der Waals surface area (Å²) in [4.78, 5) is 57.5. The van der Waals surface area contributed by atoms with Crippen molar-refractivity contribution in [3.05, 3.63) is 0 Å². The predicted molar refractivity (Wildman–Crippen MR) is 84.5 cm³/mol. The van der Waals surface area contributed by atoms with Crippen molar-refractivity contribution in [3.63, 3.8) is 0 Å². The second-order valence-electron chi connectivity index (χ2n) is 5.24. The SMILES string of the molecule is CCOC(=O)[C@H](C)OC(=O)[C@@H](C)OC(=O)[C@@H](C)OC(=O)[C@@H](C)OC(C)=O. The molecule has 0 spiro atoms. The minimum absolute atomic E-state index is 0.125. The van der Waals surface area contributed by atoms with E-state index in [2.05, 4.69) is 9.47 Å². The minimum Gasteiger partial charge on any atom is -0.463 e. The van der Waals surface area contributed by atoms with E-state index in [4.69, 9.17) is 14.2 Å². The van der Waals surface area contributed by atoms with Gasteiger partial charge in [-0.2, -0.15) is 0 Å². The van der Waals surface area contributed by atoms with Crippen LogP contribution < -0.4 is 0 Å². The lowest BCUT2D eigenvalue weighted by Crippen LogP contribution is -2.37. The lowest BCUT2D eigenvalue weighted by molar-refractivity contribution is -0.184. The summed E-state index contributed by atoms with van der Waals surface area (Å²) in [5.74, 6) is -4.35. The van der Waals surface area contributed by atoms with Crippen molar-refractivity contribution in [2.45, 2.75) is 66.0 Å². The molecule has 10 heteroatoms. The van der Waals surface area contributed by atoms with Gasteiger partial charge in [-0.3, -0.25) is 4.79 Å². The van der Waals surface area contributed by atoms with E-state index < -0.39 is 54.3 Å². The first-order chi connectivity index (χ1) is 12.0. The van der Waals surface area contributed by atoms with Crippen LogP contribution in [0.15, 0.2) is 0 Å². The van der Waals surface area contributed by atoms with Crippen molar-refractivity contribution in [3.8, 4) is 0 Å². The molecule has 0 aromatic heterocycles. The van der Waals surface area contributed by atoms with Gasteiger partial charge in [-0.25, -0.2) is 19.2 Å². The molecule has 0 aliphatic carbocycles. The van der Waals surface area contributed by atoms with Crippen LogP contribution in [0.25, 0.3) is 0 Å². The molecule has 0 radical (unpaired) electrons. The van der Waals surface area contributed by atoms with Gasteiger partial charge < -0.3 is 23.7 Å². The van der Waals surface area contributed by atoms with Crippen LogP contribution in [-0.4, -0.2) is 60.9 Å². The molecule has 0 N–H and O–H groups in total. The Bertz CT molecular complexity index is 541. The molecule has 0 bridgehead atoms. The van der Waals surface area contributed by atoms with Gasteiger partial charge in [0.2, 0.25) is 0 Å². The summed E-state index contributed by atoms with van der Waals surface area (Å²) in [7, 11) is 0. The molecule has 0 saturated carbocycles. The Balaban J connectivity index is 4.51. The van der Waals surface area contributed by atoms with Gasteiger partial charge in [0.1, 0.15) is 0 Å². The standard InChI is InChI=1S/C16H24O10/c1-7-22-13(18)8(2)24-15(20)10(4)26-16(21)11(5)25-14(19)9(3)23-12(6)17/h8-11H,7H2,1-6H3/t8-,9+,10+,11+/m0/s1. The van der Waals surface area contributed by atoms with Gasteiger partial charge in [-0.1, -0.05) is 0 Å². The third kappa shape index (κ3) is 8.45. The van der Waals surface area contributed by atoms with Crippen molar-refractivity contribution < 1.29 is 47.7 Å². The van der Waals surface area contributed by atoms with E-state index in [1.807, 2.05) is 0 Å². The van der Waals surface area contributed by atoms with Crippen molar-refractivity contribution in [1.29, 1.82) is 0 Å². The van der Waals surface area contributed by atoms with Crippen LogP contribution in [0, 0.1) is 0 Å². The number of carbonyl (C=O) groups is 5. The number of rotatable bonds is 9. The van der Waals surface area contributed by atoms with Gasteiger partial charge in [0, 0.05) is 6.92 Å². The lowest BCUT2D eigenvalue weighted by atomic mass is 10.3. The smallest absolute Gasteiger partial charge is 0.347 e. The summed E-state index contributed by atoms with van der Waals surface area (Å²) in [5.41, 5.74) is 0. The highest BCUT2D eigenvalue weighted by atomic mass is 16.6. The highest BCUT2D eigenvalue weighted by molar-refractivity contribution is 5.85. The second kappa shape index (κ2) is 11.1. The Morgan fingerprint density at radius 2 is 0.923 bits per heavy atom. The van der Waals surface area contributed by atoms with E-state index in [0.717, 1.165) is 6.92 Å². The van der Waals surface area contributed by atoms with Crippen LogP contribution in [0.2, 0.25) is 0 Å². The summed E-state index contributed by atoms with van der Waals surface area (Å²) in [6.07, 6.45) is -5.05. The normalized spacial score (nSPS) is 14.8. The van der Waals surface area contributed by atoms with Gasteiger partial charge in [0.25, 0.3) is 0 Å². The molecule has 0 unspecified atom stereocenters. The molecule has 0 rings (SSSR count). The molecule has 0 heterocycles. The average molecular weight is 376 g/mol. The van der Waals surface area contributed by atoms with E-state index in [-0.39, 0.29) is 6.61 Å². The summed E-state index contributed by atoms with van der Waals surface area (Å²) in [6, 6.07) is 0. The van der Waals surface area contributed by atoms with Gasteiger partial charge in [0.15, 0.2) is 24.4 Å². The number of hydrogen-bond acceptors (Lipinski definition) is 10. The Hall–Kier alpha value is -2.65. The van der Waals surface area contributed by atoms with Crippen molar-refractivity contribution in [2.75, 3.05) is 6.61 Å². The first-order valence-corrected chi connectivity index (χ1v) is 7.94. The highest BCUT2D eigenvalue weighted by Crippen LogP contribution is 2.06. The first-order valence-electron chi connectivity index (χ1n) is 7.94. The largest absolute Gasteiger partial charge is 0.463 e. The third-order valence-electron chi connectivity index (χ3n) is 2.84. The van der Waals surface area contributed by atoms with Gasteiger partial charge >= 0.3 is 29.8 Å². The zero-order valence-corrected chi connectivity index (χ0v) is 15.6. The van der Waals surface area contributed by atoms with Crippen molar-refractivity contribution in [2.24, 2.45) is 0 Å². The molecule has 26 heavy (non-hydrogen) atoms. The molecular weight excluding hydrogens is 352 g/mol. The zero-order valence-electron chi connectivity index (χ0n) is 15.6. The molecule has 0 aromatic carbocycles. The van der Waals surface area contributed by atoms with E-state index in [1.54, 1.807) is 6.92 Å². The van der Waals surface area contributed by atoms with Crippen LogP contribution in [0.1, 0.15) is 41.5 Å². The van der Waals surface area contributed by atoms with Crippen LogP contribution in [0.3, 0.4) is 0 Å². The molecular formula is C16H24O10. The zero-order chi connectivity index (χ0) is 20.4. The maximum absolute atomic E-state index is 11.9. The molecule has 0 aromatic rings. The lowest BCUT2D eigenvalue weighted by Gasteiger charge is -2.19. The minimum atomic E-state index is -1.35. The molecule has 4 atom stereocenters. The monoisotopic (exact) mass is 376 g/mol. The fourth-order valence-electron chi connectivity index (χ4n) is 1.51. The van der Waals surface area contributed by atoms with E-state index in [0.29, 0.717) is 0 Å². The maximum Gasteiger partial charge on any atom is 0.347 e. The highest BCUT2D eigenvalue weighted by Gasteiger charge is 2.29. The topological polar surface area (TPSA) is 132 Å². The average Bonchev–Trinajstić information content (AvgIpc) is 2.53. The van der Waals surface area contributed by atoms with Crippen LogP contribution >= 0.6 is 0 Å². The fraction of sp³-hybridized carbons (Fsp3) is 0.688. The van der Waals surface area contributed by atoms with Gasteiger partial charge in [-0.05, 0) is 34.6 Å². The molecule has 0 saturated heterocycles. The molecule has 148 valence electrons. The van der Waals surface area contributed by atoms with E-state index in [1.165, 1.54) is 27.7 Å². The quantitative estimate of drug-likeness (QED) is 0.409. The van der Waals surface area contributed by atoms with Crippen LogP contribution in [-0.2, 0) is 47.7 Å². The fourth-order valence-corrected chi connectivity index (χ4v) is 1.51. The molecule has 0 amide bonds. The molecule has 0 fully saturated rings. The Kier molecular flexibility index (Phi) is 9.93. The van der Waals surface area contributed by atoms with E-state index >= 15 is 0 Å². The molecule has 10 nitrogen and oxygen atoms in total. The van der Waals surface area contributed by atoms with Gasteiger partial charge in [0.05, 0.1) is 6.61 Å². The molecule has 0 aliphatic heterocycles. The van der Waals surface area contributed by atoms with Crippen LogP contribution in [0.5, 0.6) is 0 Å². The summed E-state index contributed by atoms with van der Waals surface area (Å²) < 4.78 is 23.7. The van der Waals surface area contributed by atoms with E-state index in [9.17, 15) is 24.0 Å². The predicted octanol–water partition coefficient (Wildman–Crippen LogP) is 0.296. The van der Waals surface area contributed by atoms with Crippen molar-refractivity contribution in [1.82, 2.24) is 0 Å². The Morgan fingerprint density at radius 1 is 0.615 bits per heavy atom.